The van der Waals surface area contributed by atoms with Gasteiger partial charge in [-0.25, -0.2) is 4.79 Å². The number of benzene rings is 1. The van der Waals surface area contributed by atoms with E-state index in [9.17, 15) is 19.2 Å². The molecule has 0 bridgehead atoms. The van der Waals surface area contributed by atoms with Gasteiger partial charge in [0.2, 0.25) is 6.79 Å². The molecule has 10 nitrogen and oxygen atoms in total. The summed E-state index contributed by atoms with van der Waals surface area (Å²) < 4.78 is 15.1. The van der Waals surface area contributed by atoms with Gasteiger partial charge in [0.15, 0.2) is 18.1 Å². The molecule has 0 saturated heterocycles. The minimum atomic E-state index is -0.805. The van der Waals surface area contributed by atoms with E-state index >= 15 is 0 Å². The average molecular weight is 419 g/mol. The maximum atomic E-state index is 12.1. The number of fused-ring (bicyclic) bond motifs is 1. The largest absolute Gasteiger partial charge is 0.454 e. The van der Waals surface area contributed by atoms with Gasteiger partial charge in [-0.2, -0.15) is 0 Å². The molecule has 3 rings (SSSR count). The highest BCUT2D eigenvalue weighted by Crippen LogP contribution is 2.32. The molecule has 2 aliphatic rings. The molecule has 1 aliphatic heterocycles. The first kappa shape index (κ1) is 21.4. The van der Waals surface area contributed by atoms with E-state index in [1.807, 2.05) is 0 Å². The predicted octanol–water partition coefficient (Wildman–Crippen LogP) is 1.09. The smallest absolute Gasteiger partial charge is 0.325 e. The quantitative estimate of drug-likeness (QED) is 0.588. The Kier molecular flexibility index (Phi) is 7.10. The molecule has 30 heavy (non-hydrogen) atoms. The summed E-state index contributed by atoms with van der Waals surface area (Å²) >= 11 is 0. The normalized spacial score (nSPS) is 19.5. The maximum absolute atomic E-state index is 12.1. The van der Waals surface area contributed by atoms with Crippen LogP contribution in [0.2, 0.25) is 0 Å². The summed E-state index contributed by atoms with van der Waals surface area (Å²) in [6.07, 6.45) is 4.09. The average Bonchev–Trinajstić information content (AvgIpc) is 3.20. The monoisotopic (exact) mass is 419 g/mol. The van der Waals surface area contributed by atoms with E-state index in [1.165, 1.54) is 12.1 Å². The first-order valence-corrected chi connectivity index (χ1v) is 9.86. The Hall–Kier alpha value is -3.30. The molecule has 0 radical (unpaired) electrons. The number of nitrogens with one attached hydrogen (secondary N) is 3. The highest BCUT2D eigenvalue weighted by molar-refractivity contribution is 5.97. The lowest BCUT2D eigenvalue weighted by Crippen LogP contribution is -2.48. The van der Waals surface area contributed by atoms with Gasteiger partial charge in [0, 0.05) is 11.6 Å². The fourth-order valence-electron chi connectivity index (χ4n) is 3.39. The Morgan fingerprint density at radius 1 is 1.10 bits per heavy atom. The SMILES string of the molecule is C[C@H]1CCCC[C@H]1NC(=O)NC(=O)COC(=O)CNC(=O)c1ccc2c(c1)OCO2. The zero-order valence-corrected chi connectivity index (χ0v) is 16.7. The molecule has 4 amide bonds. The summed E-state index contributed by atoms with van der Waals surface area (Å²) in [6, 6.07) is 4.06. The van der Waals surface area contributed by atoms with Gasteiger partial charge in [-0.15, -0.1) is 0 Å². The van der Waals surface area contributed by atoms with E-state index in [-0.39, 0.29) is 12.8 Å². The molecular formula is C20H25N3O7. The second kappa shape index (κ2) is 9.95. The summed E-state index contributed by atoms with van der Waals surface area (Å²) in [5.74, 6) is -0.713. The van der Waals surface area contributed by atoms with E-state index in [2.05, 4.69) is 22.9 Å². The van der Waals surface area contributed by atoms with E-state index in [0.29, 0.717) is 23.0 Å². The standard InChI is InChI=1S/C20H25N3O7/c1-12-4-2-3-5-14(12)22-20(27)23-17(24)10-28-18(25)9-21-19(26)13-6-7-15-16(8-13)30-11-29-15/h6-8,12,14H,2-5,9-11H2,1H3,(H,21,26)(H2,22,23,24,27)/t12-,14+/m0/s1. The molecule has 0 aromatic heterocycles. The lowest BCUT2D eigenvalue weighted by molar-refractivity contribution is -0.147. The van der Waals surface area contributed by atoms with Crippen LogP contribution in [0.5, 0.6) is 11.5 Å². The molecule has 1 fully saturated rings. The minimum Gasteiger partial charge on any atom is -0.454 e. The van der Waals surface area contributed by atoms with Crippen molar-refractivity contribution >= 4 is 23.8 Å². The lowest BCUT2D eigenvalue weighted by Gasteiger charge is -2.29. The number of hydrogen-bond acceptors (Lipinski definition) is 7. The predicted molar refractivity (Wildman–Crippen MR) is 104 cm³/mol. The van der Waals surface area contributed by atoms with Crippen LogP contribution in [-0.2, 0) is 14.3 Å². The van der Waals surface area contributed by atoms with E-state index in [4.69, 9.17) is 14.2 Å². The fourth-order valence-corrected chi connectivity index (χ4v) is 3.39. The third-order valence-corrected chi connectivity index (χ3v) is 5.07. The summed E-state index contributed by atoms with van der Waals surface area (Å²) in [7, 11) is 0. The van der Waals surface area contributed by atoms with Crippen molar-refractivity contribution in [1.29, 1.82) is 0 Å². The van der Waals surface area contributed by atoms with Gasteiger partial charge in [0.05, 0.1) is 0 Å². The van der Waals surface area contributed by atoms with E-state index in [1.54, 1.807) is 6.07 Å². The number of imide groups is 1. The Labute approximate surface area is 173 Å². The summed E-state index contributed by atoms with van der Waals surface area (Å²) in [4.78, 5) is 47.5. The van der Waals surface area contributed by atoms with Crippen LogP contribution in [0.15, 0.2) is 18.2 Å². The zero-order chi connectivity index (χ0) is 21.5. The molecule has 10 heteroatoms. The highest BCUT2D eigenvalue weighted by Gasteiger charge is 2.23. The highest BCUT2D eigenvalue weighted by atomic mass is 16.7. The van der Waals surface area contributed by atoms with Crippen molar-refractivity contribution in [2.24, 2.45) is 5.92 Å². The van der Waals surface area contributed by atoms with Crippen molar-refractivity contribution in [2.45, 2.75) is 38.6 Å². The number of esters is 1. The maximum Gasteiger partial charge on any atom is 0.325 e. The lowest BCUT2D eigenvalue weighted by atomic mass is 9.86. The number of hydrogen-bond donors (Lipinski definition) is 3. The van der Waals surface area contributed by atoms with Gasteiger partial charge in [-0.05, 0) is 37.0 Å². The summed E-state index contributed by atoms with van der Waals surface area (Å²) in [6.45, 7) is 1.11. The molecule has 1 saturated carbocycles. The Morgan fingerprint density at radius 3 is 2.67 bits per heavy atom. The van der Waals surface area contributed by atoms with Gasteiger partial charge in [0.1, 0.15) is 6.54 Å². The number of ether oxygens (including phenoxy) is 3. The molecule has 0 unspecified atom stereocenters. The molecule has 1 aromatic rings. The van der Waals surface area contributed by atoms with Crippen molar-refractivity contribution in [2.75, 3.05) is 19.9 Å². The third kappa shape index (κ3) is 5.85. The molecule has 1 aliphatic carbocycles. The van der Waals surface area contributed by atoms with Gasteiger partial charge >= 0.3 is 12.0 Å². The topological polar surface area (TPSA) is 132 Å². The van der Waals surface area contributed by atoms with Crippen molar-refractivity contribution in [3.63, 3.8) is 0 Å². The van der Waals surface area contributed by atoms with Crippen molar-refractivity contribution in [3.05, 3.63) is 23.8 Å². The van der Waals surface area contributed by atoms with Gasteiger partial charge < -0.3 is 24.8 Å². The molecule has 0 spiro atoms. The molecular weight excluding hydrogens is 394 g/mol. The van der Waals surface area contributed by atoms with Crippen LogP contribution in [0.25, 0.3) is 0 Å². The van der Waals surface area contributed by atoms with E-state index in [0.717, 1.165) is 25.7 Å². The van der Waals surface area contributed by atoms with E-state index < -0.39 is 37.0 Å². The number of carbonyl (C=O) groups excluding carboxylic acids is 4. The van der Waals surface area contributed by atoms with Crippen LogP contribution < -0.4 is 25.4 Å². The number of carbonyl (C=O) groups is 4. The Balaban J connectivity index is 1.34. The van der Waals surface area contributed by atoms with Crippen LogP contribution in [-0.4, -0.2) is 49.8 Å². The van der Waals surface area contributed by atoms with Crippen molar-refractivity contribution < 1.29 is 33.4 Å². The second-order valence-electron chi connectivity index (χ2n) is 7.30. The van der Waals surface area contributed by atoms with Crippen LogP contribution >= 0.6 is 0 Å². The van der Waals surface area contributed by atoms with Crippen molar-refractivity contribution in [3.8, 4) is 11.5 Å². The molecule has 2 atom stereocenters. The Bertz CT molecular complexity index is 827. The van der Waals surface area contributed by atoms with Gasteiger partial charge in [0.25, 0.3) is 11.8 Å². The molecule has 1 aromatic carbocycles. The molecule has 162 valence electrons. The number of urea groups is 1. The third-order valence-electron chi connectivity index (χ3n) is 5.07. The van der Waals surface area contributed by atoms with Crippen LogP contribution in [0.1, 0.15) is 43.0 Å². The van der Waals surface area contributed by atoms with Gasteiger partial charge in [-0.3, -0.25) is 19.7 Å². The first-order valence-electron chi connectivity index (χ1n) is 9.86. The Morgan fingerprint density at radius 2 is 1.87 bits per heavy atom. The fraction of sp³-hybridized carbons (Fsp3) is 0.500. The minimum absolute atomic E-state index is 0.0282. The number of amides is 4. The first-order chi connectivity index (χ1) is 14.4. The summed E-state index contributed by atoms with van der Waals surface area (Å²) in [5, 5.41) is 7.31. The van der Waals surface area contributed by atoms with Gasteiger partial charge in [-0.1, -0.05) is 19.8 Å². The van der Waals surface area contributed by atoms with Crippen LogP contribution in [0.3, 0.4) is 0 Å². The van der Waals surface area contributed by atoms with Crippen LogP contribution in [0.4, 0.5) is 4.79 Å². The zero-order valence-electron chi connectivity index (χ0n) is 16.7. The van der Waals surface area contributed by atoms with Crippen LogP contribution in [0, 0.1) is 5.92 Å². The molecule has 1 heterocycles. The second-order valence-corrected chi connectivity index (χ2v) is 7.30. The molecule has 3 N–H and O–H groups in total. The summed E-state index contributed by atoms with van der Waals surface area (Å²) in [5.41, 5.74) is 0.290. The number of rotatable bonds is 6. The van der Waals surface area contributed by atoms with Crippen molar-refractivity contribution in [1.82, 2.24) is 16.0 Å².